The van der Waals surface area contributed by atoms with E-state index >= 15 is 0 Å². The Hall–Kier alpha value is -2.11. The number of pyridine rings is 1. The van der Waals surface area contributed by atoms with Crippen LogP contribution in [-0.2, 0) is 4.79 Å². The Morgan fingerprint density at radius 1 is 1.40 bits per heavy atom. The fraction of sp³-hybridized carbons (Fsp3) is 0.500. The van der Waals surface area contributed by atoms with E-state index in [0.29, 0.717) is 5.56 Å². The van der Waals surface area contributed by atoms with Crippen LogP contribution < -0.4 is 16.0 Å². The minimum Gasteiger partial charge on any atom is -0.384 e. The van der Waals surface area contributed by atoms with Gasteiger partial charge in [-0.15, -0.1) is 0 Å². The maximum Gasteiger partial charge on any atom is 0.255 e. The van der Waals surface area contributed by atoms with Gasteiger partial charge in [0.1, 0.15) is 6.04 Å². The molecule has 1 heterocycles. The summed E-state index contributed by atoms with van der Waals surface area (Å²) in [6.07, 6.45) is 2.48. The van der Waals surface area contributed by atoms with Crippen molar-refractivity contribution in [3.63, 3.8) is 0 Å². The molecule has 0 radical (unpaired) electrons. The highest BCUT2D eigenvalue weighted by Gasteiger charge is 2.18. The molecule has 0 aliphatic carbocycles. The standard InChI is InChI=1S/C14H22N4O2/c1-5-6-16-12-7-9(2)17-8-11(12)14(20)18-10(3)13(19)15-4/h7-8,10H,5-6H2,1-4H3,(H,15,19)(H,16,17)(H,18,20). The van der Waals surface area contributed by atoms with Crippen LogP contribution in [0.15, 0.2) is 12.3 Å². The highest BCUT2D eigenvalue weighted by atomic mass is 16.2. The van der Waals surface area contributed by atoms with Crippen molar-refractivity contribution >= 4 is 17.5 Å². The van der Waals surface area contributed by atoms with Gasteiger partial charge >= 0.3 is 0 Å². The maximum atomic E-state index is 12.2. The molecule has 0 fully saturated rings. The lowest BCUT2D eigenvalue weighted by Crippen LogP contribution is -2.43. The van der Waals surface area contributed by atoms with Crippen LogP contribution in [0.2, 0.25) is 0 Å². The summed E-state index contributed by atoms with van der Waals surface area (Å²) in [5.74, 6) is -0.548. The van der Waals surface area contributed by atoms with E-state index in [1.807, 2.05) is 13.0 Å². The van der Waals surface area contributed by atoms with E-state index in [4.69, 9.17) is 0 Å². The Balaban J connectivity index is 2.88. The molecule has 6 nitrogen and oxygen atoms in total. The fourth-order valence-corrected chi connectivity index (χ4v) is 1.70. The van der Waals surface area contributed by atoms with E-state index in [1.54, 1.807) is 6.92 Å². The number of carbonyl (C=O) groups is 2. The lowest BCUT2D eigenvalue weighted by Gasteiger charge is -2.15. The summed E-state index contributed by atoms with van der Waals surface area (Å²) in [6, 6.07) is 1.24. The molecule has 2 amide bonds. The van der Waals surface area contributed by atoms with E-state index < -0.39 is 6.04 Å². The topological polar surface area (TPSA) is 83.1 Å². The van der Waals surface area contributed by atoms with Crippen LogP contribution in [0.5, 0.6) is 0 Å². The molecule has 1 atom stereocenters. The van der Waals surface area contributed by atoms with Gasteiger partial charge in [0.15, 0.2) is 0 Å². The molecule has 0 spiro atoms. The normalized spacial score (nSPS) is 11.6. The summed E-state index contributed by atoms with van der Waals surface area (Å²) in [6.45, 7) is 6.33. The third-order valence-electron chi connectivity index (χ3n) is 2.84. The number of hydrogen-bond donors (Lipinski definition) is 3. The molecule has 20 heavy (non-hydrogen) atoms. The van der Waals surface area contributed by atoms with Gasteiger partial charge < -0.3 is 16.0 Å². The van der Waals surface area contributed by atoms with E-state index in [-0.39, 0.29) is 11.8 Å². The van der Waals surface area contributed by atoms with Crippen LogP contribution in [0.3, 0.4) is 0 Å². The monoisotopic (exact) mass is 278 g/mol. The zero-order valence-electron chi connectivity index (χ0n) is 12.4. The third-order valence-corrected chi connectivity index (χ3v) is 2.84. The summed E-state index contributed by atoms with van der Waals surface area (Å²) in [5.41, 5.74) is 2.01. The first-order valence-corrected chi connectivity index (χ1v) is 6.72. The van der Waals surface area contributed by atoms with Crippen LogP contribution in [0, 0.1) is 6.92 Å². The molecular formula is C14H22N4O2. The van der Waals surface area contributed by atoms with Crippen molar-refractivity contribution in [3.8, 4) is 0 Å². The van der Waals surface area contributed by atoms with Crippen molar-refractivity contribution in [1.29, 1.82) is 0 Å². The number of rotatable bonds is 6. The smallest absolute Gasteiger partial charge is 0.255 e. The lowest BCUT2D eigenvalue weighted by atomic mass is 10.1. The number of amides is 2. The van der Waals surface area contributed by atoms with Crippen molar-refractivity contribution in [1.82, 2.24) is 15.6 Å². The molecule has 1 unspecified atom stereocenters. The molecule has 0 saturated heterocycles. The number of aryl methyl sites for hydroxylation is 1. The van der Waals surface area contributed by atoms with Crippen molar-refractivity contribution in [2.45, 2.75) is 33.2 Å². The summed E-state index contributed by atoms with van der Waals surface area (Å²) in [5, 5.41) is 8.35. The number of anilines is 1. The quantitative estimate of drug-likeness (QED) is 0.727. The van der Waals surface area contributed by atoms with Crippen LogP contribution in [0.4, 0.5) is 5.69 Å². The minimum atomic E-state index is -0.590. The minimum absolute atomic E-state index is 0.235. The molecule has 1 aromatic heterocycles. The largest absolute Gasteiger partial charge is 0.384 e. The first-order valence-electron chi connectivity index (χ1n) is 6.72. The van der Waals surface area contributed by atoms with Crippen molar-refractivity contribution < 1.29 is 9.59 Å². The van der Waals surface area contributed by atoms with Crippen molar-refractivity contribution in [3.05, 3.63) is 23.5 Å². The fourth-order valence-electron chi connectivity index (χ4n) is 1.70. The van der Waals surface area contributed by atoms with Gasteiger partial charge in [0.05, 0.1) is 11.3 Å². The van der Waals surface area contributed by atoms with Gasteiger partial charge in [0, 0.05) is 25.5 Å². The Bertz CT molecular complexity index is 488. The molecule has 1 aromatic rings. The number of nitrogens with one attached hydrogen (secondary N) is 3. The number of likely N-dealkylation sites (N-methyl/N-ethyl adjacent to an activating group) is 1. The maximum absolute atomic E-state index is 12.2. The predicted molar refractivity (Wildman–Crippen MR) is 78.7 cm³/mol. The molecule has 0 bridgehead atoms. The molecule has 0 aliphatic rings. The summed E-state index contributed by atoms with van der Waals surface area (Å²) in [4.78, 5) is 27.8. The average Bonchev–Trinajstić information content (AvgIpc) is 2.43. The van der Waals surface area contributed by atoms with Crippen LogP contribution in [-0.4, -0.2) is 36.4 Å². The summed E-state index contributed by atoms with van der Waals surface area (Å²) in [7, 11) is 1.53. The highest BCUT2D eigenvalue weighted by Crippen LogP contribution is 2.16. The number of aromatic nitrogens is 1. The first-order chi connectivity index (χ1) is 9.49. The average molecular weight is 278 g/mol. The van der Waals surface area contributed by atoms with Crippen LogP contribution in [0.1, 0.15) is 36.3 Å². The number of nitrogens with zero attached hydrogens (tertiary/aromatic N) is 1. The van der Waals surface area contributed by atoms with Gasteiger partial charge in [-0.05, 0) is 26.3 Å². The number of hydrogen-bond acceptors (Lipinski definition) is 4. The van der Waals surface area contributed by atoms with E-state index in [2.05, 4.69) is 27.9 Å². The SMILES string of the molecule is CCCNc1cc(C)ncc1C(=O)NC(C)C(=O)NC. The Kier molecular flexibility index (Phi) is 5.96. The molecule has 3 N–H and O–H groups in total. The predicted octanol–water partition coefficient (Wildman–Crippen LogP) is 1.08. The zero-order valence-corrected chi connectivity index (χ0v) is 12.4. The van der Waals surface area contributed by atoms with E-state index in [9.17, 15) is 9.59 Å². The van der Waals surface area contributed by atoms with Gasteiger partial charge in [-0.25, -0.2) is 0 Å². The molecule has 0 aromatic carbocycles. The second kappa shape index (κ2) is 7.47. The van der Waals surface area contributed by atoms with Gasteiger partial charge in [0.25, 0.3) is 5.91 Å². The Morgan fingerprint density at radius 2 is 2.10 bits per heavy atom. The molecule has 1 rings (SSSR count). The van der Waals surface area contributed by atoms with Crippen LogP contribution in [0.25, 0.3) is 0 Å². The van der Waals surface area contributed by atoms with Gasteiger partial charge in [0.2, 0.25) is 5.91 Å². The molecule has 0 saturated carbocycles. The zero-order chi connectivity index (χ0) is 15.1. The van der Waals surface area contributed by atoms with Crippen LogP contribution >= 0.6 is 0 Å². The molecular weight excluding hydrogens is 256 g/mol. The highest BCUT2D eigenvalue weighted by molar-refractivity contribution is 6.01. The second-order valence-electron chi connectivity index (χ2n) is 4.61. The molecule has 6 heteroatoms. The van der Waals surface area contributed by atoms with Crippen molar-refractivity contribution in [2.24, 2.45) is 0 Å². The van der Waals surface area contributed by atoms with E-state index in [1.165, 1.54) is 13.2 Å². The first kappa shape index (κ1) is 15.9. The lowest BCUT2D eigenvalue weighted by molar-refractivity contribution is -0.122. The summed E-state index contributed by atoms with van der Waals surface area (Å²) >= 11 is 0. The Labute approximate surface area is 119 Å². The summed E-state index contributed by atoms with van der Waals surface area (Å²) < 4.78 is 0. The second-order valence-corrected chi connectivity index (χ2v) is 4.61. The Morgan fingerprint density at radius 3 is 2.70 bits per heavy atom. The van der Waals surface area contributed by atoms with Gasteiger partial charge in [-0.2, -0.15) is 0 Å². The van der Waals surface area contributed by atoms with E-state index in [0.717, 1.165) is 24.3 Å². The molecule has 110 valence electrons. The van der Waals surface area contributed by atoms with Gasteiger partial charge in [-0.1, -0.05) is 6.92 Å². The third kappa shape index (κ3) is 4.22. The van der Waals surface area contributed by atoms with Gasteiger partial charge in [-0.3, -0.25) is 14.6 Å². The number of carbonyl (C=O) groups excluding carboxylic acids is 2. The van der Waals surface area contributed by atoms with Crippen molar-refractivity contribution in [2.75, 3.05) is 18.9 Å². The molecule has 0 aliphatic heterocycles.